The molecule has 17 heavy (non-hydrogen) atoms. The van der Waals surface area contributed by atoms with Crippen molar-refractivity contribution in [3.05, 3.63) is 35.9 Å². The van der Waals surface area contributed by atoms with E-state index in [2.05, 4.69) is 21.7 Å². The summed E-state index contributed by atoms with van der Waals surface area (Å²) in [7, 11) is 0. The van der Waals surface area contributed by atoms with Crippen LogP contribution in [0.1, 0.15) is 5.56 Å². The van der Waals surface area contributed by atoms with Gasteiger partial charge in [0.1, 0.15) is 6.61 Å². The van der Waals surface area contributed by atoms with Gasteiger partial charge in [-0.2, -0.15) is 5.53 Å². The largest absolute Gasteiger partial charge is 0.445 e. The minimum atomic E-state index is -0.400. The molecule has 1 aromatic rings. The van der Waals surface area contributed by atoms with Crippen molar-refractivity contribution in [1.29, 1.82) is 0 Å². The summed E-state index contributed by atoms with van der Waals surface area (Å²) in [5.74, 6) is 0. The normalized spacial score (nSPS) is 18.9. The second kappa shape index (κ2) is 6.19. The van der Waals surface area contributed by atoms with E-state index in [9.17, 15) is 4.79 Å². The Hall–Kier alpha value is -1.63. The molecule has 1 aromatic carbocycles. The molecule has 1 aliphatic heterocycles. The van der Waals surface area contributed by atoms with E-state index in [0.29, 0.717) is 13.2 Å². The first kappa shape index (κ1) is 11.8. The highest BCUT2D eigenvalue weighted by atomic mass is 16.5. The van der Waals surface area contributed by atoms with Crippen LogP contribution in [-0.4, -0.2) is 25.2 Å². The van der Waals surface area contributed by atoms with Crippen molar-refractivity contribution >= 4 is 6.09 Å². The van der Waals surface area contributed by atoms with Crippen LogP contribution < -0.4 is 21.7 Å². The van der Waals surface area contributed by atoms with Crippen LogP contribution in [0.4, 0.5) is 4.79 Å². The number of benzene rings is 1. The summed E-state index contributed by atoms with van der Waals surface area (Å²) < 4.78 is 5.07. The summed E-state index contributed by atoms with van der Waals surface area (Å²) in [4.78, 5) is 11.4. The number of alkyl carbamates (subject to hydrolysis) is 1. The quantitative estimate of drug-likeness (QED) is 0.587. The number of hydrogen-bond acceptors (Lipinski definition) is 5. The maximum Gasteiger partial charge on any atom is 0.407 e. The number of hydrazine groups is 2. The summed E-state index contributed by atoms with van der Waals surface area (Å²) in [5, 5.41) is 2.69. The molecule has 0 spiro atoms. The molecular formula is C11H16N4O2. The van der Waals surface area contributed by atoms with E-state index in [-0.39, 0.29) is 6.04 Å². The molecule has 1 atom stereocenters. The number of carbonyl (C=O) groups excluding carboxylic acids is 1. The first-order valence-corrected chi connectivity index (χ1v) is 5.52. The van der Waals surface area contributed by atoms with Gasteiger partial charge in [0.25, 0.3) is 0 Å². The third kappa shape index (κ3) is 4.03. The van der Waals surface area contributed by atoms with Crippen molar-refractivity contribution in [2.45, 2.75) is 12.6 Å². The van der Waals surface area contributed by atoms with Crippen molar-refractivity contribution in [3.8, 4) is 0 Å². The van der Waals surface area contributed by atoms with Gasteiger partial charge in [0.05, 0.1) is 6.04 Å². The van der Waals surface area contributed by atoms with Crippen molar-refractivity contribution < 1.29 is 9.53 Å². The second-order valence-corrected chi connectivity index (χ2v) is 3.79. The standard InChI is InChI=1S/C11H16N4O2/c16-11(12-6-10-7-13-15-14-10)17-8-9-4-2-1-3-5-9/h1-5,10,13-15H,6-8H2,(H,12,16). The highest BCUT2D eigenvalue weighted by molar-refractivity contribution is 5.67. The molecule has 92 valence electrons. The van der Waals surface area contributed by atoms with Crippen molar-refractivity contribution in [1.82, 2.24) is 21.7 Å². The SMILES string of the molecule is O=C(NCC1CNNN1)OCc1ccccc1. The molecule has 1 heterocycles. The van der Waals surface area contributed by atoms with E-state index < -0.39 is 6.09 Å². The number of nitrogens with one attached hydrogen (secondary N) is 4. The van der Waals surface area contributed by atoms with Crippen molar-refractivity contribution in [2.75, 3.05) is 13.1 Å². The van der Waals surface area contributed by atoms with Gasteiger partial charge in [0, 0.05) is 13.1 Å². The Bertz CT molecular complexity index is 352. The molecule has 0 radical (unpaired) electrons. The van der Waals surface area contributed by atoms with Gasteiger partial charge in [0.2, 0.25) is 0 Å². The summed E-state index contributed by atoms with van der Waals surface area (Å²) in [5.41, 5.74) is 9.59. The number of hydrogen-bond donors (Lipinski definition) is 4. The lowest BCUT2D eigenvalue weighted by molar-refractivity contribution is 0.139. The highest BCUT2D eigenvalue weighted by Crippen LogP contribution is 2.00. The third-order valence-corrected chi connectivity index (χ3v) is 2.42. The van der Waals surface area contributed by atoms with Gasteiger partial charge in [-0.3, -0.25) is 0 Å². The van der Waals surface area contributed by atoms with E-state index in [4.69, 9.17) is 4.74 Å². The Morgan fingerprint density at radius 1 is 1.41 bits per heavy atom. The third-order valence-electron chi connectivity index (χ3n) is 2.42. The number of rotatable bonds is 4. The predicted molar refractivity (Wildman–Crippen MR) is 62.7 cm³/mol. The molecule has 0 aliphatic carbocycles. The van der Waals surface area contributed by atoms with Crippen molar-refractivity contribution in [3.63, 3.8) is 0 Å². The van der Waals surface area contributed by atoms with Gasteiger partial charge in [-0.05, 0) is 5.56 Å². The van der Waals surface area contributed by atoms with Crippen LogP contribution in [0.25, 0.3) is 0 Å². The smallest absolute Gasteiger partial charge is 0.407 e. The molecule has 6 nitrogen and oxygen atoms in total. The van der Waals surface area contributed by atoms with Gasteiger partial charge >= 0.3 is 6.09 Å². The number of carbonyl (C=O) groups is 1. The fourth-order valence-electron chi connectivity index (χ4n) is 1.48. The topological polar surface area (TPSA) is 74.4 Å². The number of amides is 1. The minimum Gasteiger partial charge on any atom is -0.445 e. The van der Waals surface area contributed by atoms with Crippen LogP contribution >= 0.6 is 0 Å². The average molecular weight is 236 g/mol. The fourth-order valence-corrected chi connectivity index (χ4v) is 1.48. The lowest BCUT2D eigenvalue weighted by atomic mass is 10.2. The van der Waals surface area contributed by atoms with Gasteiger partial charge in [0.15, 0.2) is 0 Å². The first-order valence-electron chi connectivity index (χ1n) is 5.52. The maximum absolute atomic E-state index is 11.4. The van der Waals surface area contributed by atoms with Crippen LogP contribution in [0.2, 0.25) is 0 Å². The Morgan fingerprint density at radius 3 is 2.94 bits per heavy atom. The molecular weight excluding hydrogens is 220 g/mol. The molecule has 0 aromatic heterocycles. The van der Waals surface area contributed by atoms with E-state index in [1.54, 1.807) is 0 Å². The molecule has 4 N–H and O–H groups in total. The Balaban J connectivity index is 1.64. The predicted octanol–water partition coefficient (Wildman–Crippen LogP) is -0.106. The zero-order valence-corrected chi connectivity index (χ0v) is 9.40. The average Bonchev–Trinajstić information content (AvgIpc) is 2.88. The molecule has 6 heteroatoms. The lowest BCUT2D eigenvalue weighted by Gasteiger charge is -2.10. The monoisotopic (exact) mass is 236 g/mol. The van der Waals surface area contributed by atoms with Gasteiger partial charge in [-0.25, -0.2) is 15.6 Å². The summed E-state index contributed by atoms with van der Waals surface area (Å²) in [6.45, 7) is 1.58. The van der Waals surface area contributed by atoms with Crippen LogP contribution in [0.3, 0.4) is 0 Å². The summed E-state index contributed by atoms with van der Waals surface area (Å²) >= 11 is 0. The van der Waals surface area contributed by atoms with Crippen LogP contribution in [0, 0.1) is 0 Å². The molecule has 0 bridgehead atoms. The lowest BCUT2D eigenvalue weighted by Crippen LogP contribution is -2.41. The number of ether oxygens (including phenoxy) is 1. The van der Waals surface area contributed by atoms with E-state index >= 15 is 0 Å². The van der Waals surface area contributed by atoms with Gasteiger partial charge in [-0.1, -0.05) is 30.3 Å². The summed E-state index contributed by atoms with van der Waals surface area (Å²) in [6, 6.07) is 9.76. The zero-order valence-electron chi connectivity index (χ0n) is 9.40. The zero-order chi connectivity index (χ0) is 11.9. The molecule has 2 rings (SSSR count). The van der Waals surface area contributed by atoms with Crippen LogP contribution in [0.5, 0.6) is 0 Å². The maximum atomic E-state index is 11.4. The van der Waals surface area contributed by atoms with E-state index in [1.807, 2.05) is 30.3 Å². The molecule has 1 saturated heterocycles. The Morgan fingerprint density at radius 2 is 2.24 bits per heavy atom. The highest BCUT2D eigenvalue weighted by Gasteiger charge is 2.14. The van der Waals surface area contributed by atoms with Crippen molar-refractivity contribution in [2.24, 2.45) is 0 Å². The fraction of sp³-hybridized carbons (Fsp3) is 0.364. The van der Waals surface area contributed by atoms with E-state index in [0.717, 1.165) is 12.1 Å². The molecule has 1 unspecified atom stereocenters. The Kier molecular flexibility index (Phi) is 4.31. The van der Waals surface area contributed by atoms with E-state index in [1.165, 1.54) is 0 Å². The molecule has 1 amide bonds. The minimum absolute atomic E-state index is 0.180. The second-order valence-electron chi connectivity index (χ2n) is 3.79. The molecule has 0 saturated carbocycles. The molecule has 1 fully saturated rings. The summed E-state index contributed by atoms with van der Waals surface area (Å²) in [6.07, 6.45) is -0.400. The molecule has 1 aliphatic rings. The van der Waals surface area contributed by atoms with Crippen LogP contribution in [-0.2, 0) is 11.3 Å². The van der Waals surface area contributed by atoms with Gasteiger partial charge in [-0.15, -0.1) is 0 Å². The van der Waals surface area contributed by atoms with Crippen LogP contribution in [0.15, 0.2) is 30.3 Å². The Labute approximate surface area is 99.7 Å². The first-order chi connectivity index (χ1) is 8.34. The van der Waals surface area contributed by atoms with Gasteiger partial charge < -0.3 is 10.1 Å².